The molecule has 0 bridgehead atoms. The molecule has 1 atom stereocenters. The summed E-state index contributed by atoms with van der Waals surface area (Å²) in [5, 5.41) is 3.44. The summed E-state index contributed by atoms with van der Waals surface area (Å²) in [6, 6.07) is 18.4. The lowest BCUT2D eigenvalue weighted by atomic mass is 10.1. The number of para-hydroxylation sites is 2. The van der Waals surface area contributed by atoms with Crippen LogP contribution in [-0.2, 0) is 0 Å². The lowest BCUT2D eigenvalue weighted by molar-refractivity contribution is 0.288. The normalized spacial score (nSPS) is 11.9. The first kappa shape index (κ1) is 14.4. The smallest absolute Gasteiger partial charge is 0.161 e. The Bertz CT molecular complexity index is 513. The van der Waals surface area contributed by atoms with Crippen molar-refractivity contribution in [2.75, 3.05) is 20.3 Å². The quantitative estimate of drug-likeness (QED) is 0.783. The maximum Gasteiger partial charge on any atom is 0.161 e. The van der Waals surface area contributed by atoms with Crippen molar-refractivity contribution >= 4 is 0 Å². The van der Waals surface area contributed by atoms with E-state index in [1.807, 2.05) is 30.3 Å². The van der Waals surface area contributed by atoms with Crippen LogP contribution in [0.25, 0.3) is 0 Å². The molecule has 0 aliphatic heterocycles. The Labute approximate surface area is 120 Å². The highest BCUT2D eigenvalue weighted by molar-refractivity contribution is 5.39. The lowest BCUT2D eigenvalue weighted by Crippen LogP contribution is -2.24. The van der Waals surface area contributed by atoms with Crippen LogP contribution in [0.5, 0.6) is 11.5 Å². The van der Waals surface area contributed by atoms with Crippen LogP contribution >= 0.6 is 0 Å². The van der Waals surface area contributed by atoms with Crippen molar-refractivity contribution in [3.8, 4) is 11.5 Å². The van der Waals surface area contributed by atoms with Gasteiger partial charge >= 0.3 is 0 Å². The first-order valence-electron chi connectivity index (χ1n) is 6.85. The van der Waals surface area contributed by atoms with Gasteiger partial charge in [-0.2, -0.15) is 0 Å². The summed E-state index contributed by atoms with van der Waals surface area (Å²) in [5.41, 5.74) is 1.28. The third-order valence-electron chi connectivity index (χ3n) is 3.18. The third kappa shape index (κ3) is 4.00. The van der Waals surface area contributed by atoms with Gasteiger partial charge in [-0.25, -0.2) is 0 Å². The van der Waals surface area contributed by atoms with Crippen LogP contribution in [0.4, 0.5) is 0 Å². The second-order valence-corrected chi connectivity index (χ2v) is 4.59. The van der Waals surface area contributed by atoms with Crippen LogP contribution in [-0.4, -0.2) is 20.3 Å². The summed E-state index contributed by atoms with van der Waals surface area (Å²) in [5.74, 6) is 1.55. The monoisotopic (exact) mass is 271 g/mol. The number of ether oxygens (including phenoxy) is 2. The number of rotatable bonds is 7. The highest BCUT2D eigenvalue weighted by Crippen LogP contribution is 2.25. The molecular weight excluding hydrogens is 250 g/mol. The van der Waals surface area contributed by atoms with Gasteiger partial charge in [0.15, 0.2) is 11.5 Å². The molecule has 0 radical (unpaired) electrons. The predicted octanol–water partition coefficient (Wildman–Crippen LogP) is 3.42. The number of nitrogens with one attached hydrogen (secondary N) is 1. The molecule has 2 rings (SSSR count). The molecule has 1 N–H and O–H groups in total. The molecule has 0 saturated heterocycles. The molecule has 0 aliphatic rings. The Hall–Kier alpha value is -2.00. The summed E-state index contributed by atoms with van der Waals surface area (Å²) < 4.78 is 11.0. The van der Waals surface area contributed by atoms with Crippen molar-refractivity contribution in [3.63, 3.8) is 0 Å². The molecule has 0 fully saturated rings. The average molecular weight is 271 g/mol. The summed E-state index contributed by atoms with van der Waals surface area (Å²) in [7, 11) is 1.65. The van der Waals surface area contributed by atoms with Gasteiger partial charge in [-0.3, -0.25) is 0 Å². The summed E-state index contributed by atoms with van der Waals surface area (Å²) in [6.45, 7) is 3.55. The van der Waals surface area contributed by atoms with E-state index in [4.69, 9.17) is 9.47 Å². The molecule has 20 heavy (non-hydrogen) atoms. The van der Waals surface area contributed by atoms with Gasteiger partial charge in [-0.15, -0.1) is 0 Å². The molecule has 3 nitrogen and oxygen atoms in total. The van der Waals surface area contributed by atoms with Gasteiger partial charge < -0.3 is 14.8 Å². The topological polar surface area (TPSA) is 30.5 Å². The highest BCUT2D eigenvalue weighted by Gasteiger charge is 2.05. The fourth-order valence-corrected chi connectivity index (χ4v) is 2.03. The Morgan fingerprint density at radius 2 is 1.60 bits per heavy atom. The van der Waals surface area contributed by atoms with E-state index in [9.17, 15) is 0 Å². The van der Waals surface area contributed by atoms with Crippen LogP contribution in [0.1, 0.15) is 18.5 Å². The Morgan fingerprint density at radius 1 is 0.950 bits per heavy atom. The second-order valence-electron chi connectivity index (χ2n) is 4.59. The maximum absolute atomic E-state index is 5.73. The van der Waals surface area contributed by atoms with E-state index in [0.29, 0.717) is 12.6 Å². The molecule has 2 aromatic rings. The SMILES string of the molecule is COc1ccccc1OCCN[C@H](C)c1ccccc1. The second kappa shape index (κ2) is 7.56. The minimum absolute atomic E-state index is 0.317. The van der Waals surface area contributed by atoms with Crippen LogP contribution in [0.15, 0.2) is 54.6 Å². The molecule has 106 valence electrons. The van der Waals surface area contributed by atoms with Gasteiger partial charge in [0.05, 0.1) is 7.11 Å². The minimum atomic E-state index is 0.317. The van der Waals surface area contributed by atoms with Gasteiger partial charge in [0.2, 0.25) is 0 Å². The van der Waals surface area contributed by atoms with Crippen molar-refractivity contribution in [1.29, 1.82) is 0 Å². The fraction of sp³-hybridized carbons (Fsp3) is 0.294. The van der Waals surface area contributed by atoms with Gasteiger partial charge in [0.25, 0.3) is 0 Å². The first-order valence-corrected chi connectivity index (χ1v) is 6.85. The van der Waals surface area contributed by atoms with E-state index in [1.54, 1.807) is 7.11 Å². The van der Waals surface area contributed by atoms with Crippen LogP contribution < -0.4 is 14.8 Å². The summed E-state index contributed by atoms with van der Waals surface area (Å²) in [6.07, 6.45) is 0. The average Bonchev–Trinajstić information content (AvgIpc) is 2.52. The van der Waals surface area contributed by atoms with Gasteiger partial charge in [-0.1, -0.05) is 42.5 Å². The van der Waals surface area contributed by atoms with Crippen LogP contribution in [0, 0.1) is 0 Å². The van der Waals surface area contributed by atoms with Crippen molar-refractivity contribution in [2.45, 2.75) is 13.0 Å². The van der Waals surface area contributed by atoms with E-state index >= 15 is 0 Å². The van der Waals surface area contributed by atoms with Crippen LogP contribution in [0.3, 0.4) is 0 Å². The molecule has 0 unspecified atom stereocenters. The zero-order valence-electron chi connectivity index (χ0n) is 12.0. The Morgan fingerprint density at radius 3 is 2.30 bits per heavy atom. The Kier molecular flexibility index (Phi) is 5.44. The number of methoxy groups -OCH3 is 1. The third-order valence-corrected chi connectivity index (χ3v) is 3.18. The fourth-order valence-electron chi connectivity index (χ4n) is 2.03. The summed E-state index contributed by atoms with van der Waals surface area (Å²) >= 11 is 0. The van der Waals surface area contributed by atoms with E-state index < -0.39 is 0 Å². The number of benzene rings is 2. The van der Waals surface area contributed by atoms with E-state index in [1.165, 1.54) is 5.56 Å². The van der Waals surface area contributed by atoms with Crippen molar-refractivity contribution in [2.24, 2.45) is 0 Å². The van der Waals surface area contributed by atoms with Crippen molar-refractivity contribution < 1.29 is 9.47 Å². The molecule has 0 amide bonds. The number of hydrogen-bond donors (Lipinski definition) is 1. The highest BCUT2D eigenvalue weighted by atomic mass is 16.5. The zero-order chi connectivity index (χ0) is 14.2. The molecule has 0 aromatic heterocycles. The van der Waals surface area contributed by atoms with Crippen LogP contribution in [0.2, 0.25) is 0 Å². The molecule has 0 saturated carbocycles. The van der Waals surface area contributed by atoms with Gasteiger partial charge in [-0.05, 0) is 24.6 Å². The molecule has 0 aliphatic carbocycles. The standard InChI is InChI=1S/C17H21NO2/c1-14(15-8-4-3-5-9-15)18-12-13-20-17-11-7-6-10-16(17)19-2/h3-11,14,18H,12-13H2,1-2H3/t14-/m1/s1. The van der Waals surface area contributed by atoms with Crippen molar-refractivity contribution in [3.05, 3.63) is 60.2 Å². The van der Waals surface area contributed by atoms with Gasteiger partial charge in [0.1, 0.15) is 6.61 Å². The Balaban J connectivity index is 1.76. The van der Waals surface area contributed by atoms with Gasteiger partial charge in [0, 0.05) is 12.6 Å². The molecular formula is C17H21NO2. The predicted molar refractivity (Wildman–Crippen MR) is 81.3 cm³/mol. The minimum Gasteiger partial charge on any atom is -0.493 e. The van der Waals surface area contributed by atoms with E-state index in [2.05, 4.69) is 36.5 Å². The lowest BCUT2D eigenvalue weighted by Gasteiger charge is -2.15. The molecule has 0 spiro atoms. The number of hydrogen-bond acceptors (Lipinski definition) is 3. The molecule has 3 heteroatoms. The zero-order valence-corrected chi connectivity index (χ0v) is 12.0. The molecule has 2 aromatic carbocycles. The van der Waals surface area contributed by atoms with E-state index in [-0.39, 0.29) is 0 Å². The van der Waals surface area contributed by atoms with E-state index in [0.717, 1.165) is 18.0 Å². The summed E-state index contributed by atoms with van der Waals surface area (Å²) in [4.78, 5) is 0. The first-order chi connectivity index (χ1) is 9.81. The largest absolute Gasteiger partial charge is 0.493 e. The van der Waals surface area contributed by atoms with Crippen molar-refractivity contribution in [1.82, 2.24) is 5.32 Å². The maximum atomic E-state index is 5.73. The molecule has 0 heterocycles.